The molecule has 0 fully saturated rings. The average molecular weight is 411 g/mol. The molecular weight excluding hydrogens is 396 g/mol. The number of hydrogen-bond acceptors (Lipinski definition) is 7. The first kappa shape index (κ1) is 26.4. The largest absolute Gasteiger partial charge is 2.00 e. The number of carboxylic acids is 4. The third-order valence-electron chi connectivity index (χ3n) is 2.16. The molecule has 0 atom stereocenters. The van der Waals surface area contributed by atoms with Gasteiger partial charge in [0.25, 0.3) is 0 Å². The van der Waals surface area contributed by atoms with E-state index in [0.717, 1.165) is 9.80 Å². The van der Waals surface area contributed by atoms with Crippen LogP contribution in [-0.4, -0.2) is 126 Å². The second-order valence-electron chi connectivity index (χ2n) is 3.97. The van der Waals surface area contributed by atoms with Gasteiger partial charge in [0.2, 0.25) is 0 Å². The van der Waals surface area contributed by atoms with E-state index in [-0.39, 0.29) is 67.8 Å². The van der Waals surface area contributed by atoms with Crippen molar-refractivity contribution in [3.8, 4) is 0 Å². The van der Waals surface area contributed by atoms with E-state index in [2.05, 4.69) is 0 Å². The smallest absolute Gasteiger partial charge is 1.00 e. The molecule has 0 unspecified atom stereocenters. The van der Waals surface area contributed by atoms with Crippen molar-refractivity contribution in [3.05, 3.63) is 0 Å². The number of carbonyl (C=O) groups is 4. The summed E-state index contributed by atoms with van der Waals surface area (Å²) in [5.41, 5.74) is 0. The first-order valence-electron chi connectivity index (χ1n) is 5.50. The monoisotopic (exact) mass is 410 g/mol. The molecule has 0 rings (SSSR count). The first-order chi connectivity index (χ1) is 9.20. The van der Waals surface area contributed by atoms with Crippen molar-refractivity contribution in [1.82, 2.24) is 9.80 Å². The van der Waals surface area contributed by atoms with E-state index in [9.17, 15) is 24.3 Å². The molecule has 0 heterocycles. The SMILES string of the molecule is O=C([O-])CN(CCN(CC(=O)O)CC(=O)O)CC(=O)O.[Br-].[Ca+2]. The van der Waals surface area contributed by atoms with Gasteiger partial charge < -0.3 is 42.2 Å². The third-order valence-corrected chi connectivity index (χ3v) is 2.16. The molecule has 0 aliphatic carbocycles. The molecule has 0 aliphatic rings. The van der Waals surface area contributed by atoms with Gasteiger partial charge in [0.05, 0.1) is 25.6 Å². The number of aliphatic carboxylic acids is 4. The van der Waals surface area contributed by atoms with E-state index in [1.165, 1.54) is 0 Å². The third kappa shape index (κ3) is 15.9. The summed E-state index contributed by atoms with van der Waals surface area (Å²) in [5.74, 6) is -5.21. The van der Waals surface area contributed by atoms with Gasteiger partial charge in [0.1, 0.15) is 0 Å². The fourth-order valence-electron chi connectivity index (χ4n) is 1.47. The molecule has 10 nitrogen and oxygen atoms in total. The Bertz CT molecular complexity index is 327. The van der Waals surface area contributed by atoms with Crippen LogP contribution in [0.25, 0.3) is 0 Å². The predicted octanol–water partition coefficient (Wildman–Crippen LogP) is -6.78. The molecule has 0 saturated carbocycles. The van der Waals surface area contributed by atoms with Crippen LogP contribution in [0.4, 0.5) is 0 Å². The number of hydrogen-bond donors (Lipinski definition) is 3. The van der Waals surface area contributed by atoms with Gasteiger partial charge in [-0.25, -0.2) is 0 Å². The van der Waals surface area contributed by atoms with Crippen LogP contribution >= 0.6 is 0 Å². The fourth-order valence-corrected chi connectivity index (χ4v) is 1.47. The summed E-state index contributed by atoms with van der Waals surface area (Å²) in [7, 11) is 0. The Balaban J connectivity index is -0.00000180. The first-order valence-corrected chi connectivity index (χ1v) is 5.50. The van der Waals surface area contributed by atoms with Crippen molar-refractivity contribution in [2.75, 3.05) is 39.3 Å². The molecule has 0 radical (unpaired) electrons. The molecule has 0 aliphatic heterocycles. The number of rotatable bonds is 11. The normalized spacial score (nSPS) is 9.73. The van der Waals surface area contributed by atoms with Gasteiger partial charge >= 0.3 is 55.6 Å². The molecular formula is C10H15BrCaN2O8. The molecule has 122 valence electrons. The van der Waals surface area contributed by atoms with Crippen LogP contribution in [0.1, 0.15) is 0 Å². The maximum absolute atomic E-state index is 10.5. The Labute approximate surface area is 166 Å². The quantitative estimate of drug-likeness (QED) is 0.279. The van der Waals surface area contributed by atoms with E-state index in [0.29, 0.717) is 0 Å². The van der Waals surface area contributed by atoms with Gasteiger partial charge in [-0.3, -0.25) is 24.2 Å². The van der Waals surface area contributed by atoms with Crippen LogP contribution in [-0.2, 0) is 19.2 Å². The molecule has 0 aromatic rings. The van der Waals surface area contributed by atoms with Crippen molar-refractivity contribution >= 4 is 61.6 Å². The van der Waals surface area contributed by atoms with E-state index >= 15 is 0 Å². The molecule has 0 bridgehead atoms. The Morgan fingerprint density at radius 1 is 0.727 bits per heavy atom. The van der Waals surface area contributed by atoms with Gasteiger partial charge in [-0.2, -0.15) is 0 Å². The summed E-state index contributed by atoms with van der Waals surface area (Å²) >= 11 is 0. The topological polar surface area (TPSA) is 159 Å². The van der Waals surface area contributed by atoms with Crippen LogP contribution in [0.3, 0.4) is 0 Å². The predicted molar refractivity (Wildman–Crippen MR) is 66.5 cm³/mol. The minimum Gasteiger partial charge on any atom is -1.00 e. The summed E-state index contributed by atoms with van der Waals surface area (Å²) in [6.45, 7) is -2.50. The van der Waals surface area contributed by atoms with Gasteiger partial charge in [-0.15, -0.1) is 0 Å². The second-order valence-corrected chi connectivity index (χ2v) is 3.97. The van der Waals surface area contributed by atoms with E-state index in [4.69, 9.17) is 15.3 Å². The van der Waals surface area contributed by atoms with Crippen molar-refractivity contribution in [1.29, 1.82) is 0 Å². The van der Waals surface area contributed by atoms with E-state index in [1.54, 1.807) is 0 Å². The summed E-state index contributed by atoms with van der Waals surface area (Å²) in [6, 6.07) is 0. The van der Waals surface area contributed by atoms with Crippen molar-refractivity contribution in [2.45, 2.75) is 0 Å². The number of carbonyl (C=O) groups excluding carboxylic acids is 1. The standard InChI is InChI=1S/C10H16N2O8.BrH.Ca/c13-7(14)3-11(4-8(15)16)1-2-12(5-9(17)18)6-10(19)20;;/h1-6H2,(H,13,14)(H,15,16)(H,17,18)(H,19,20);1H;/q;;+2/p-2. The summed E-state index contributed by atoms with van der Waals surface area (Å²) in [6.07, 6.45) is 0. The van der Waals surface area contributed by atoms with Crippen molar-refractivity contribution in [2.24, 2.45) is 0 Å². The Morgan fingerprint density at radius 3 is 1.23 bits per heavy atom. The Morgan fingerprint density at radius 2 is 1.00 bits per heavy atom. The van der Waals surface area contributed by atoms with Gasteiger partial charge in [-0.1, -0.05) is 0 Å². The molecule has 12 heteroatoms. The van der Waals surface area contributed by atoms with Crippen molar-refractivity contribution in [3.63, 3.8) is 0 Å². The maximum Gasteiger partial charge on any atom is 2.00 e. The Kier molecular flexibility index (Phi) is 17.0. The molecule has 0 aromatic heterocycles. The summed E-state index contributed by atoms with van der Waals surface area (Å²) in [5, 5.41) is 36.3. The van der Waals surface area contributed by atoms with Crippen LogP contribution in [0.15, 0.2) is 0 Å². The maximum atomic E-state index is 10.5. The zero-order valence-electron chi connectivity index (χ0n) is 11.6. The minimum absolute atomic E-state index is 0. The molecule has 0 amide bonds. The van der Waals surface area contributed by atoms with Gasteiger partial charge in [0.15, 0.2) is 0 Å². The fraction of sp³-hybridized carbons (Fsp3) is 0.600. The molecule has 3 N–H and O–H groups in total. The number of nitrogens with zero attached hydrogens (tertiary/aromatic N) is 2. The Hall–Kier alpha value is -0.460. The molecule has 0 spiro atoms. The van der Waals surface area contributed by atoms with Gasteiger partial charge in [0, 0.05) is 19.6 Å². The molecule has 0 aromatic carbocycles. The van der Waals surface area contributed by atoms with Crippen LogP contribution in [0.5, 0.6) is 0 Å². The van der Waals surface area contributed by atoms with E-state index in [1.807, 2.05) is 0 Å². The molecule has 0 saturated heterocycles. The van der Waals surface area contributed by atoms with Gasteiger partial charge in [-0.05, 0) is 0 Å². The van der Waals surface area contributed by atoms with Crippen molar-refractivity contribution < 1.29 is 56.6 Å². The summed E-state index contributed by atoms with van der Waals surface area (Å²) < 4.78 is 0. The number of halogens is 1. The van der Waals surface area contributed by atoms with E-state index < -0.39 is 50.1 Å². The van der Waals surface area contributed by atoms with Crippen LogP contribution in [0.2, 0.25) is 0 Å². The summed E-state index contributed by atoms with van der Waals surface area (Å²) in [4.78, 5) is 44.1. The van der Waals surface area contributed by atoms with Crippen LogP contribution < -0.4 is 22.1 Å². The average Bonchev–Trinajstić information content (AvgIpc) is 2.22. The zero-order chi connectivity index (χ0) is 15.7. The number of carboxylic acid groups (broad SMARTS) is 4. The zero-order valence-corrected chi connectivity index (χ0v) is 15.4. The molecule has 22 heavy (non-hydrogen) atoms. The minimum atomic E-state index is -1.48. The van der Waals surface area contributed by atoms with Crippen LogP contribution in [0, 0.1) is 0 Å². The second kappa shape index (κ2) is 14.2.